The summed E-state index contributed by atoms with van der Waals surface area (Å²) >= 11 is 5.78. The van der Waals surface area contributed by atoms with Gasteiger partial charge in [0.1, 0.15) is 11.6 Å². The molecule has 1 N–H and O–H groups in total. The maximum absolute atomic E-state index is 5.78. The van der Waals surface area contributed by atoms with Crippen molar-refractivity contribution in [3.8, 4) is 0 Å². The molecule has 0 fully saturated rings. The largest absolute Gasteiger partial charge is 0.367 e. The zero-order valence-corrected chi connectivity index (χ0v) is 11.9. The first-order chi connectivity index (χ1) is 8.06. The highest BCUT2D eigenvalue weighted by Gasteiger charge is 2.09. The highest BCUT2D eigenvalue weighted by Crippen LogP contribution is 2.15. The molecule has 1 heterocycles. The van der Waals surface area contributed by atoms with Gasteiger partial charge in [-0.2, -0.15) is 0 Å². The number of hydrogen-bond acceptors (Lipinski definition) is 3. The molecule has 3 nitrogen and oxygen atoms in total. The van der Waals surface area contributed by atoms with Gasteiger partial charge in [0.2, 0.25) is 0 Å². The molecule has 0 spiro atoms. The zero-order valence-electron chi connectivity index (χ0n) is 11.1. The second-order valence-corrected chi connectivity index (χ2v) is 5.01. The Balaban J connectivity index is 2.82. The first-order valence-electron chi connectivity index (χ1n) is 6.24. The van der Waals surface area contributed by atoms with E-state index >= 15 is 0 Å². The van der Waals surface area contributed by atoms with Crippen LogP contribution in [0.25, 0.3) is 0 Å². The van der Waals surface area contributed by atoms with E-state index in [4.69, 9.17) is 11.6 Å². The van der Waals surface area contributed by atoms with Crippen LogP contribution in [0.15, 0.2) is 6.07 Å². The molecular formula is C13H22ClN3. The molecule has 1 unspecified atom stereocenters. The molecule has 96 valence electrons. The Bertz CT molecular complexity index is 353. The van der Waals surface area contributed by atoms with Gasteiger partial charge in [0, 0.05) is 29.6 Å². The molecule has 1 rings (SSSR count). The molecule has 0 bridgehead atoms. The molecule has 0 radical (unpaired) electrons. The van der Waals surface area contributed by atoms with Crippen molar-refractivity contribution < 1.29 is 0 Å². The maximum Gasteiger partial charge on any atom is 0.133 e. The number of hydrogen-bond donors (Lipinski definition) is 1. The summed E-state index contributed by atoms with van der Waals surface area (Å²) in [6.45, 7) is 8.37. The summed E-state index contributed by atoms with van der Waals surface area (Å²) in [5, 5.41) is 3.43. The van der Waals surface area contributed by atoms with Gasteiger partial charge in [-0.15, -0.1) is 11.6 Å². The average Bonchev–Trinajstić information content (AvgIpc) is 2.27. The summed E-state index contributed by atoms with van der Waals surface area (Å²) in [7, 11) is 0. The van der Waals surface area contributed by atoms with Crippen LogP contribution in [-0.4, -0.2) is 21.9 Å². The molecule has 1 atom stereocenters. The van der Waals surface area contributed by atoms with Crippen LogP contribution in [0.4, 0.5) is 5.82 Å². The minimum atomic E-state index is 0.351. The van der Waals surface area contributed by atoms with Crippen molar-refractivity contribution in [1.82, 2.24) is 9.97 Å². The second-order valence-electron chi connectivity index (χ2n) is 4.63. The Morgan fingerprint density at radius 2 is 2.06 bits per heavy atom. The number of halogens is 1. The van der Waals surface area contributed by atoms with Crippen molar-refractivity contribution >= 4 is 17.4 Å². The molecule has 0 aromatic carbocycles. The van der Waals surface area contributed by atoms with E-state index in [2.05, 4.69) is 36.1 Å². The number of alkyl halides is 1. The normalized spacial score (nSPS) is 12.8. The van der Waals surface area contributed by atoms with Crippen LogP contribution in [0.1, 0.15) is 51.0 Å². The molecule has 0 aliphatic rings. The monoisotopic (exact) mass is 255 g/mol. The molecule has 0 saturated carbocycles. The topological polar surface area (TPSA) is 37.8 Å². The number of nitrogens with zero attached hydrogens (tertiary/aromatic N) is 2. The summed E-state index contributed by atoms with van der Waals surface area (Å²) < 4.78 is 0. The maximum atomic E-state index is 5.78. The zero-order chi connectivity index (χ0) is 12.8. The highest BCUT2D eigenvalue weighted by atomic mass is 35.5. The van der Waals surface area contributed by atoms with Crippen LogP contribution in [0.3, 0.4) is 0 Å². The Kier molecular flexibility index (Phi) is 5.69. The summed E-state index contributed by atoms with van der Waals surface area (Å²) in [6.07, 6.45) is 2.00. The van der Waals surface area contributed by atoms with Crippen LogP contribution in [0.2, 0.25) is 0 Å². The molecule has 0 aliphatic heterocycles. The first-order valence-corrected chi connectivity index (χ1v) is 6.78. The van der Waals surface area contributed by atoms with E-state index in [0.717, 1.165) is 30.2 Å². The van der Waals surface area contributed by atoms with Gasteiger partial charge in [0.15, 0.2) is 0 Å². The van der Waals surface area contributed by atoms with E-state index in [1.807, 2.05) is 13.0 Å². The van der Waals surface area contributed by atoms with Crippen molar-refractivity contribution in [3.05, 3.63) is 17.6 Å². The lowest BCUT2D eigenvalue weighted by molar-refractivity contribution is 0.667. The van der Waals surface area contributed by atoms with Crippen molar-refractivity contribution in [1.29, 1.82) is 0 Å². The summed E-state index contributed by atoms with van der Waals surface area (Å²) in [5.41, 5.74) is 1.01. The first kappa shape index (κ1) is 14.2. The van der Waals surface area contributed by atoms with E-state index in [9.17, 15) is 0 Å². The molecule has 4 heteroatoms. The van der Waals surface area contributed by atoms with Gasteiger partial charge in [-0.25, -0.2) is 9.97 Å². The third-order valence-corrected chi connectivity index (χ3v) is 2.91. The standard InChI is InChI=1S/C13H22ClN3/c1-5-11(6-7-14)16-12-8-10(4)15-13(17-12)9(2)3/h8-9,11H,5-7H2,1-4H3,(H,15,16,17). The van der Waals surface area contributed by atoms with Crippen LogP contribution in [0, 0.1) is 6.92 Å². The molecule has 17 heavy (non-hydrogen) atoms. The Morgan fingerprint density at radius 1 is 1.35 bits per heavy atom. The van der Waals surface area contributed by atoms with Crippen LogP contribution in [-0.2, 0) is 0 Å². The Hall–Kier alpha value is -0.830. The van der Waals surface area contributed by atoms with Crippen molar-refractivity contribution in [2.45, 2.75) is 52.5 Å². The fraction of sp³-hybridized carbons (Fsp3) is 0.692. The molecular weight excluding hydrogens is 234 g/mol. The lowest BCUT2D eigenvalue weighted by Crippen LogP contribution is -2.20. The highest BCUT2D eigenvalue weighted by molar-refractivity contribution is 6.17. The average molecular weight is 256 g/mol. The predicted molar refractivity (Wildman–Crippen MR) is 73.9 cm³/mol. The van der Waals surface area contributed by atoms with Gasteiger partial charge in [-0.1, -0.05) is 20.8 Å². The lowest BCUT2D eigenvalue weighted by atomic mass is 10.1. The number of aryl methyl sites for hydroxylation is 1. The van der Waals surface area contributed by atoms with E-state index in [-0.39, 0.29) is 0 Å². The number of rotatable bonds is 6. The third-order valence-electron chi connectivity index (χ3n) is 2.69. The minimum absolute atomic E-state index is 0.351. The lowest BCUT2D eigenvalue weighted by Gasteiger charge is -2.17. The quantitative estimate of drug-likeness (QED) is 0.787. The van der Waals surface area contributed by atoms with E-state index in [0.29, 0.717) is 17.8 Å². The molecule has 0 saturated heterocycles. The minimum Gasteiger partial charge on any atom is -0.367 e. The SMILES string of the molecule is CCC(CCCl)Nc1cc(C)nc(C(C)C)n1. The number of nitrogens with one attached hydrogen (secondary N) is 1. The molecule has 1 aromatic rings. The molecule has 1 aromatic heterocycles. The van der Waals surface area contributed by atoms with E-state index in [1.54, 1.807) is 0 Å². The van der Waals surface area contributed by atoms with Crippen molar-refractivity contribution in [3.63, 3.8) is 0 Å². The van der Waals surface area contributed by atoms with Crippen LogP contribution >= 0.6 is 11.6 Å². The van der Waals surface area contributed by atoms with Gasteiger partial charge < -0.3 is 5.32 Å². The molecule has 0 amide bonds. The fourth-order valence-corrected chi connectivity index (χ4v) is 1.91. The van der Waals surface area contributed by atoms with Crippen molar-refractivity contribution in [2.24, 2.45) is 0 Å². The van der Waals surface area contributed by atoms with Crippen LogP contribution in [0.5, 0.6) is 0 Å². The van der Waals surface area contributed by atoms with Gasteiger partial charge in [0.05, 0.1) is 0 Å². The van der Waals surface area contributed by atoms with Crippen molar-refractivity contribution in [2.75, 3.05) is 11.2 Å². The summed E-state index contributed by atoms with van der Waals surface area (Å²) in [4.78, 5) is 8.97. The van der Waals surface area contributed by atoms with E-state index in [1.165, 1.54) is 0 Å². The van der Waals surface area contributed by atoms with E-state index < -0.39 is 0 Å². The van der Waals surface area contributed by atoms with Gasteiger partial charge in [-0.05, 0) is 19.8 Å². The number of aromatic nitrogens is 2. The Morgan fingerprint density at radius 3 is 2.59 bits per heavy atom. The second kappa shape index (κ2) is 6.80. The fourth-order valence-electron chi connectivity index (χ4n) is 1.64. The van der Waals surface area contributed by atoms with Gasteiger partial charge in [-0.3, -0.25) is 0 Å². The molecule has 0 aliphatic carbocycles. The van der Waals surface area contributed by atoms with Gasteiger partial charge >= 0.3 is 0 Å². The predicted octanol–water partition coefficient (Wildman–Crippen LogP) is 3.73. The summed E-state index contributed by atoms with van der Waals surface area (Å²) in [5.74, 6) is 2.84. The smallest absolute Gasteiger partial charge is 0.133 e. The number of anilines is 1. The summed E-state index contributed by atoms with van der Waals surface area (Å²) in [6, 6.07) is 2.38. The third kappa shape index (κ3) is 4.50. The Labute approximate surface area is 109 Å². The van der Waals surface area contributed by atoms with Crippen LogP contribution < -0.4 is 5.32 Å². The van der Waals surface area contributed by atoms with Gasteiger partial charge in [0.25, 0.3) is 0 Å².